The van der Waals surface area contributed by atoms with Crippen molar-refractivity contribution in [2.24, 2.45) is 0 Å². The van der Waals surface area contributed by atoms with Gasteiger partial charge in [0.05, 0.1) is 6.42 Å². The van der Waals surface area contributed by atoms with Crippen molar-refractivity contribution in [3.8, 4) is 0 Å². The van der Waals surface area contributed by atoms with Crippen LogP contribution >= 0.6 is 27.3 Å². The molecule has 0 radical (unpaired) electrons. The van der Waals surface area contributed by atoms with Gasteiger partial charge < -0.3 is 10.6 Å². The molecule has 2 aromatic heterocycles. The van der Waals surface area contributed by atoms with Gasteiger partial charge >= 0.3 is 0 Å². The van der Waals surface area contributed by atoms with Crippen molar-refractivity contribution < 1.29 is 4.79 Å². The predicted octanol–water partition coefficient (Wildman–Crippen LogP) is 4.23. The van der Waals surface area contributed by atoms with Gasteiger partial charge in [-0.1, -0.05) is 22.0 Å². The number of halogens is 1. The van der Waals surface area contributed by atoms with Crippen molar-refractivity contribution in [2.45, 2.75) is 6.42 Å². The van der Waals surface area contributed by atoms with Gasteiger partial charge in [0.1, 0.15) is 0 Å². The molecule has 1 amide bonds. The lowest BCUT2D eigenvalue weighted by atomic mass is 10.3. The third-order valence-electron chi connectivity index (χ3n) is 2.96. The van der Waals surface area contributed by atoms with E-state index in [4.69, 9.17) is 0 Å². The van der Waals surface area contributed by atoms with Crippen LogP contribution in [0, 0.1) is 0 Å². The number of carbonyl (C=O) groups is 1. The van der Waals surface area contributed by atoms with Crippen LogP contribution in [0.2, 0.25) is 0 Å². The fraction of sp³-hybridized carbons (Fsp3) is 0.0625. The Morgan fingerprint density at radius 3 is 2.43 bits per heavy atom. The second kappa shape index (κ2) is 7.34. The third kappa shape index (κ3) is 4.61. The van der Waals surface area contributed by atoms with E-state index < -0.39 is 0 Å². The van der Waals surface area contributed by atoms with Crippen molar-refractivity contribution in [3.63, 3.8) is 0 Å². The molecule has 23 heavy (non-hydrogen) atoms. The quantitative estimate of drug-likeness (QED) is 0.686. The van der Waals surface area contributed by atoms with Gasteiger partial charge in [-0.15, -0.1) is 21.5 Å². The van der Waals surface area contributed by atoms with E-state index in [0.29, 0.717) is 18.1 Å². The molecule has 1 aromatic carbocycles. The smallest absolute Gasteiger partial charge is 0.230 e. The van der Waals surface area contributed by atoms with Crippen LogP contribution in [-0.2, 0) is 11.2 Å². The molecule has 0 spiro atoms. The van der Waals surface area contributed by atoms with Crippen molar-refractivity contribution in [3.05, 3.63) is 63.3 Å². The lowest BCUT2D eigenvalue weighted by Gasteiger charge is -2.06. The molecule has 0 aliphatic carbocycles. The number of aromatic nitrogens is 2. The Hall–Kier alpha value is -2.25. The first-order valence-electron chi connectivity index (χ1n) is 6.87. The fourth-order valence-electron chi connectivity index (χ4n) is 1.91. The molecule has 0 atom stereocenters. The zero-order valence-corrected chi connectivity index (χ0v) is 14.4. The molecule has 0 aliphatic rings. The summed E-state index contributed by atoms with van der Waals surface area (Å²) in [6, 6.07) is 15.1. The standard InChI is InChI=1S/C16H13BrN4OS/c17-11-3-5-12(6-4-11)18-14-7-8-15(21-20-14)19-16(22)10-13-2-1-9-23-13/h1-9H,10H2,(H,18,20)(H,19,21,22). The highest BCUT2D eigenvalue weighted by Crippen LogP contribution is 2.18. The maximum absolute atomic E-state index is 11.9. The van der Waals surface area contributed by atoms with Gasteiger partial charge in [0.25, 0.3) is 0 Å². The van der Waals surface area contributed by atoms with Gasteiger partial charge in [0, 0.05) is 15.0 Å². The van der Waals surface area contributed by atoms with Crippen LogP contribution in [-0.4, -0.2) is 16.1 Å². The minimum absolute atomic E-state index is 0.102. The number of amides is 1. The zero-order chi connectivity index (χ0) is 16.1. The predicted molar refractivity (Wildman–Crippen MR) is 96.1 cm³/mol. The van der Waals surface area contributed by atoms with E-state index >= 15 is 0 Å². The highest BCUT2D eigenvalue weighted by Gasteiger charge is 2.06. The van der Waals surface area contributed by atoms with Gasteiger partial charge in [0.2, 0.25) is 5.91 Å². The van der Waals surface area contributed by atoms with Crippen LogP contribution in [0.5, 0.6) is 0 Å². The molecule has 3 aromatic rings. The van der Waals surface area contributed by atoms with Crippen LogP contribution in [0.1, 0.15) is 4.88 Å². The molecular weight excluding hydrogens is 376 g/mol. The lowest BCUT2D eigenvalue weighted by molar-refractivity contribution is -0.115. The fourth-order valence-corrected chi connectivity index (χ4v) is 2.87. The summed E-state index contributed by atoms with van der Waals surface area (Å²) in [6.45, 7) is 0. The molecule has 116 valence electrons. The summed E-state index contributed by atoms with van der Waals surface area (Å²) in [5.41, 5.74) is 0.914. The number of hydrogen-bond acceptors (Lipinski definition) is 5. The molecule has 0 saturated carbocycles. The van der Waals surface area contributed by atoms with Crippen molar-refractivity contribution in [1.29, 1.82) is 0 Å². The van der Waals surface area contributed by atoms with E-state index in [1.54, 1.807) is 23.5 Å². The second-order valence-electron chi connectivity index (χ2n) is 4.74. The Bertz CT molecular complexity index is 773. The number of hydrogen-bond donors (Lipinski definition) is 2. The number of rotatable bonds is 5. The number of anilines is 3. The molecule has 2 N–H and O–H groups in total. The summed E-state index contributed by atoms with van der Waals surface area (Å²) in [6.07, 6.45) is 0.345. The van der Waals surface area contributed by atoms with E-state index in [0.717, 1.165) is 15.0 Å². The molecular formula is C16H13BrN4OS. The molecule has 0 saturated heterocycles. The summed E-state index contributed by atoms with van der Waals surface area (Å²) in [7, 11) is 0. The molecule has 5 nitrogen and oxygen atoms in total. The minimum atomic E-state index is -0.102. The minimum Gasteiger partial charge on any atom is -0.339 e. The molecule has 7 heteroatoms. The number of thiophene rings is 1. The molecule has 2 heterocycles. The third-order valence-corrected chi connectivity index (χ3v) is 4.37. The largest absolute Gasteiger partial charge is 0.339 e. The van der Waals surface area contributed by atoms with E-state index in [2.05, 4.69) is 36.8 Å². The summed E-state index contributed by atoms with van der Waals surface area (Å²) < 4.78 is 1.01. The Kier molecular flexibility index (Phi) is 4.99. The average molecular weight is 389 g/mol. The Morgan fingerprint density at radius 2 is 1.78 bits per heavy atom. The normalized spacial score (nSPS) is 10.3. The van der Waals surface area contributed by atoms with Gasteiger partial charge in [-0.2, -0.15) is 0 Å². The topological polar surface area (TPSA) is 66.9 Å². The van der Waals surface area contributed by atoms with Crippen molar-refractivity contribution in [1.82, 2.24) is 10.2 Å². The van der Waals surface area contributed by atoms with Crippen LogP contribution in [0.3, 0.4) is 0 Å². The molecule has 0 bridgehead atoms. The van der Waals surface area contributed by atoms with E-state index in [1.807, 2.05) is 41.8 Å². The first-order chi connectivity index (χ1) is 11.2. The van der Waals surface area contributed by atoms with Gasteiger partial charge in [-0.3, -0.25) is 4.79 Å². The summed E-state index contributed by atoms with van der Waals surface area (Å²) in [5, 5.41) is 15.9. The van der Waals surface area contributed by atoms with E-state index in [-0.39, 0.29) is 5.91 Å². The molecule has 0 aliphatic heterocycles. The molecule has 0 unspecified atom stereocenters. The second-order valence-corrected chi connectivity index (χ2v) is 6.69. The zero-order valence-electron chi connectivity index (χ0n) is 12.0. The van der Waals surface area contributed by atoms with Crippen molar-refractivity contribution in [2.75, 3.05) is 10.6 Å². The summed E-state index contributed by atoms with van der Waals surface area (Å²) in [5.74, 6) is 0.951. The van der Waals surface area contributed by atoms with Crippen LogP contribution < -0.4 is 10.6 Å². The maximum Gasteiger partial charge on any atom is 0.230 e. The first kappa shape index (κ1) is 15.6. The highest BCUT2D eigenvalue weighted by molar-refractivity contribution is 9.10. The molecule has 0 fully saturated rings. The highest BCUT2D eigenvalue weighted by atomic mass is 79.9. The Labute approximate surface area is 145 Å². The van der Waals surface area contributed by atoms with Gasteiger partial charge in [0.15, 0.2) is 11.6 Å². The number of nitrogens with one attached hydrogen (secondary N) is 2. The van der Waals surface area contributed by atoms with E-state index in [1.165, 1.54) is 0 Å². The summed E-state index contributed by atoms with van der Waals surface area (Å²) >= 11 is 4.95. The Morgan fingerprint density at radius 1 is 1.04 bits per heavy atom. The van der Waals surface area contributed by atoms with Crippen LogP contribution in [0.25, 0.3) is 0 Å². The molecule has 3 rings (SSSR count). The SMILES string of the molecule is O=C(Cc1cccs1)Nc1ccc(Nc2ccc(Br)cc2)nn1. The maximum atomic E-state index is 11.9. The van der Waals surface area contributed by atoms with E-state index in [9.17, 15) is 4.79 Å². The monoisotopic (exact) mass is 388 g/mol. The average Bonchev–Trinajstić information content (AvgIpc) is 3.04. The first-order valence-corrected chi connectivity index (χ1v) is 8.55. The lowest BCUT2D eigenvalue weighted by Crippen LogP contribution is -2.15. The van der Waals surface area contributed by atoms with Gasteiger partial charge in [-0.05, 0) is 47.8 Å². The van der Waals surface area contributed by atoms with Crippen LogP contribution in [0.15, 0.2) is 58.4 Å². The Balaban J connectivity index is 1.58. The van der Waals surface area contributed by atoms with Crippen molar-refractivity contribution >= 4 is 50.5 Å². The number of benzene rings is 1. The van der Waals surface area contributed by atoms with Gasteiger partial charge in [-0.25, -0.2) is 0 Å². The summed E-state index contributed by atoms with van der Waals surface area (Å²) in [4.78, 5) is 12.9. The van der Waals surface area contributed by atoms with Crippen LogP contribution in [0.4, 0.5) is 17.3 Å². The number of nitrogens with zero attached hydrogens (tertiary/aromatic N) is 2. The number of carbonyl (C=O) groups excluding carboxylic acids is 1.